The summed E-state index contributed by atoms with van der Waals surface area (Å²) < 4.78 is 21.5. The third-order valence-electron chi connectivity index (χ3n) is 4.42. The zero-order valence-corrected chi connectivity index (χ0v) is 20.6. The predicted octanol–water partition coefficient (Wildman–Crippen LogP) is 3.64. The van der Waals surface area contributed by atoms with Gasteiger partial charge in [0.05, 0.1) is 35.0 Å². The van der Waals surface area contributed by atoms with Gasteiger partial charge in [0.15, 0.2) is 5.96 Å². The van der Waals surface area contributed by atoms with E-state index in [0.717, 1.165) is 53.1 Å². The van der Waals surface area contributed by atoms with Crippen molar-refractivity contribution in [1.29, 1.82) is 0 Å². The van der Waals surface area contributed by atoms with Crippen LogP contribution in [0.3, 0.4) is 0 Å². The van der Waals surface area contributed by atoms with Gasteiger partial charge in [0.1, 0.15) is 23.0 Å². The summed E-state index contributed by atoms with van der Waals surface area (Å²) in [6, 6.07) is 11.5. The maximum absolute atomic E-state index is 5.45. The molecule has 0 fully saturated rings. The third-order valence-corrected chi connectivity index (χ3v) is 4.42. The van der Waals surface area contributed by atoms with Crippen molar-refractivity contribution in [3.63, 3.8) is 0 Å². The van der Waals surface area contributed by atoms with Crippen LogP contribution in [-0.4, -0.2) is 47.5 Å². The lowest BCUT2D eigenvalue weighted by Gasteiger charge is -2.14. The molecule has 0 amide bonds. The largest absolute Gasteiger partial charge is 0.497 e. The van der Waals surface area contributed by atoms with E-state index in [9.17, 15) is 0 Å². The Morgan fingerprint density at radius 3 is 2.10 bits per heavy atom. The van der Waals surface area contributed by atoms with Crippen LogP contribution < -0.4 is 29.6 Å². The minimum atomic E-state index is 0. The minimum Gasteiger partial charge on any atom is -0.497 e. The van der Waals surface area contributed by atoms with Gasteiger partial charge in [-0.2, -0.15) is 0 Å². The van der Waals surface area contributed by atoms with Crippen molar-refractivity contribution in [2.24, 2.45) is 4.99 Å². The number of hydrogen-bond donors (Lipinski definition) is 2. The van der Waals surface area contributed by atoms with Gasteiger partial charge in [-0.05, 0) is 49.2 Å². The van der Waals surface area contributed by atoms with Crippen LogP contribution in [0.25, 0.3) is 0 Å². The first-order valence-electron chi connectivity index (χ1n) is 9.59. The fourth-order valence-corrected chi connectivity index (χ4v) is 2.88. The van der Waals surface area contributed by atoms with Crippen LogP contribution >= 0.6 is 24.0 Å². The zero-order chi connectivity index (χ0) is 21.1. The van der Waals surface area contributed by atoms with Crippen LogP contribution in [0.1, 0.15) is 18.1 Å². The molecule has 0 bridgehead atoms. The molecule has 2 N–H and O–H groups in total. The van der Waals surface area contributed by atoms with E-state index >= 15 is 0 Å². The highest BCUT2D eigenvalue weighted by Gasteiger charge is 2.07. The molecule has 30 heavy (non-hydrogen) atoms. The first kappa shape index (κ1) is 25.7. The summed E-state index contributed by atoms with van der Waals surface area (Å²) in [7, 11) is 6.61. The molecule has 7 nitrogen and oxygen atoms in total. The number of methoxy groups -OCH3 is 4. The van der Waals surface area contributed by atoms with Gasteiger partial charge in [0.2, 0.25) is 0 Å². The molecule has 0 saturated carbocycles. The van der Waals surface area contributed by atoms with Gasteiger partial charge in [-0.3, -0.25) is 0 Å². The lowest BCUT2D eigenvalue weighted by atomic mass is 10.1. The van der Waals surface area contributed by atoms with Gasteiger partial charge >= 0.3 is 0 Å². The number of hydrogen-bond acceptors (Lipinski definition) is 5. The lowest BCUT2D eigenvalue weighted by molar-refractivity contribution is 0.391. The molecule has 0 unspecified atom stereocenters. The summed E-state index contributed by atoms with van der Waals surface area (Å²) >= 11 is 0. The van der Waals surface area contributed by atoms with Crippen molar-refractivity contribution in [2.45, 2.75) is 19.9 Å². The fraction of sp³-hybridized carbons (Fsp3) is 0.409. The molecular formula is C22H32IN3O4. The van der Waals surface area contributed by atoms with Crippen LogP contribution in [0.15, 0.2) is 41.4 Å². The van der Waals surface area contributed by atoms with Gasteiger partial charge in [-0.1, -0.05) is 0 Å². The average Bonchev–Trinajstić information content (AvgIpc) is 2.77. The number of guanidine groups is 1. The molecule has 0 saturated heterocycles. The van der Waals surface area contributed by atoms with E-state index in [1.54, 1.807) is 28.4 Å². The fourth-order valence-electron chi connectivity index (χ4n) is 2.88. The first-order valence-corrected chi connectivity index (χ1v) is 9.59. The van der Waals surface area contributed by atoms with Crippen molar-refractivity contribution >= 4 is 29.9 Å². The standard InChI is InChI=1S/C22H31N3O4.HI/c1-6-23-22(25-15-17-7-8-19(27-3)14-21(17)29-5)24-12-11-16-13-18(26-2)9-10-20(16)28-4;/h7-10,13-14H,6,11-12,15H2,1-5H3,(H2,23,24,25);1H. The summed E-state index contributed by atoms with van der Waals surface area (Å²) in [5.74, 6) is 3.91. The maximum atomic E-state index is 5.45. The molecular weight excluding hydrogens is 497 g/mol. The molecule has 0 aromatic heterocycles. The molecule has 0 aliphatic carbocycles. The molecule has 0 spiro atoms. The number of nitrogens with one attached hydrogen (secondary N) is 2. The smallest absolute Gasteiger partial charge is 0.191 e. The molecule has 0 atom stereocenters. The SMILES string of the molecule is CCNC(=NCc1ccc(OC)cc1OC)NCCc1cc(OC)ccc1OC.I. The number of halogens is 1. The highest BCUT2D eigenvalue weighted by Crippen LogP contribution is 2.25. The summed E-state index contributed by atoms with van der Waals surface area (Å²) in [6.07, 6.45) is 0.774. The molecule has 2 rings (SSSR count). The molecule has 0 heterocycles. The summed E-state index contributed by atoms with van der Waals surface area (Å²) in [4.78, 5) is 4.67. The number of nitrogens with zero attached hydrogens (tertiary/aromatic N) is 1. The van der Waals surface area contributed by atoms with Gasteiger partial charge in [-0.15, -0.1) is 24.0 Å². The number of rotatable bonds is 10. The Bertz CT molecular complexity index is 815. The predicted molar refractivity (Wildman–Crippen MR) is 131 cm³/mol. The summed E-state index contributed by atoms with van der Waals surface area (Å²) in [5.41, 5.74) is 2.06. The van der Waals surface area contributed by atoms with E-state index in [1.165, 1.54) is 0 Å². The molecule has 2 aromatic rings. The second kappa shape index (κ2) is 13.8. The van der Waals surface area contributed by atoms with E-state index in [-0.39, 0.29) is 24.0 Å². The Labute approximate surface area is 196 Å². The van der Waals surface area contributed by atoms with Gasteiger partial charge in [-0.25, -0.2) is 4.99 Å². The van der Waals surface area contributed by atoms with Crippen LogP contribution in [-0.2, 0) is 13.0 Å². The van der Waals surface area contributed by atoms with Gasteiger partial charge in [0, 0.05) is 24.7 Å². The number of ether oxygens (including phenoxy) is 4. The zero-order valence-electron chi connectivity index (χ0n) is 18.3. The molecule has 0 aliphatic heterocycles. The van der Waals surface area contributed by atoms with E-state index in [4.69, 9.17) is 18.9 Å². The van der Waals surface area contributed by atoms with Crippen molar-refractivity contribution < 1.29 is 18.9 Å². The Kier molecular flexibility index (Phi) is 11.8. The Morgan fingerprint density at radius 1 is 0.800 bits per heavy atom. The topological polar surface area (TPSA) is 73.3 Å². The Morgan fingerprint density at radius 2 is 1.47 bits per heavy atom. The molecule has 0 radical (unpaired) electrons. The maximum Gasteiger partial charge on any atom is 0.191 e. The van der Waals surface area contributed by atoms with Gasteiger partial charge < -0.3 is 29.6 Å². The van der Waals surface area contributed by atoms with Crippen molar-refractivity contribution in [1.82, 2.24) is 10.6 Å². The summed E-state index contributed by atoms with van der Waals surface area (Å²) in [5, 5.41) is 6.63. The summed E-state index contributed by atoms with van der Waals surface area (Å²) in [6.45, 7) is 4.00. The van der Waals surface area contributed by atoms with Crippen LogP contribution in [0.2, 0.25) is 0 Å². The number of benzene rings is 2. The van der Waals surface area contributed by atoms with E-state index in [1.807, 2.05) is 43.3 Å². The quantitative estimate of drug-likeness (QED) is 0.278. The Balaban J connectivity index is 0.00000450. The monoisotopic (exact) mass is 529 g/mol. The van der Waals surface area contributed by atoms with E-state index in [2.05, 4.69) is 15.6 Å². The van der Waals surface area contributed by atoms with E-state index < -0.39 is 0 Å². The minimum absolute atomic E-state index is 0. The average molecular weight is 529 g/mol. The molecule has 8 heteroatoms. The van der Waals surface area contributed by atoms with Crippen molar-refractivity contribution in [3.05, 3.63) is 47.5 Å². The number of aliphatic imine (C=N–C) groups is 1. The Hall–Kier alpha value is -2.36. The van der Waals surface area contributed by atoms with Crippen LogP contribution in [0.4, 0.5) is 0 Å². The third kappa shape index (κ3) is 7.47. The van der Waals surface area contributed by atoms with E-state index in [0.29, 0.717) is 13.1 Å². The normalized spacial score (nSPS) is 10.6. The van der Waals surface area contributed by atoms with Crippen molar-refractivity contribution in [2.75, 3.05) is 41.5 Å². The van der Waals surface area contributed by atoms with Crippen molar-refractivity contribution in [3.8, 4) is 23.0 Å². The van der Waals surface area contributed by atoms with Crippen LogP contribution in [0.5, 0.6) is 23.0 Å². The highest BCUT2D eigenvalue weighted by molar-refractivity contribution is 14.0. The first-order chi connectivity index (χ1) is 14.1. The molecule has 166 valence electrons. The molecule has 2 aromatic carbocycles. The lowest BCUT2D eigenvalue weighted by Crippen LogP contribution is -2.38. The van der Waals surface area contributed by atoms with Crippen LogP contribution in [0, 0.1) is 0 Å². The second-order valence-corrected chi connectivity index (χ2v) is 6.23. The molecule has 0 aliphatic rings. The highest BCUT2D eigenvalue weighted by atomic mass is 127. The second-order valence-electron chi connectivity index (χ2n) is 6.23. The van der Waals surface area contributed by atoms with Gasteiger partial charge in [0.25, 0.3) is 0 Å².